The molecule has 2 N–H and O–H groups in total. The van der Waals surface area contributed by atoms with Gasteiger partial charge in [-0.15, -0.1) is 0 Å². The molecule has 1 saturated heterocycles. The van der Waals surface area contributed by atoms with Crippen molar-refractivity contribution in [2.45, 2.75) is 38.8 Å². The maximum atomic E-state index is 12.3. The molecule has 0 aliphatic carbocycles. The maximum absolute atomic E-state index is 12.3. The molecule has 0 saturated carbocycles. The van der Waals surface area contributed by atoms with Gasteiger partial charge in [0.25, 0.3) is 0 Å². The van der Waals surface area contributed by atoms with Gasteiger partial charge >= 0.3 is 0 Å². The number of carbonyl (C=O) groups is 1. The number of benzene rings is 1. The molecule has 0 aromatic heterocycles. The van der Waals surface area contributed by atoms with Crippen LogP contribution in [0.4, 0.5) is 5.69 Å². The third kappa shape index (κ3) is 5.23. The van der Waals surface area contributed by atoms with Gasteiger partial charge in [0.2, 0.25) is 5.91 Å². The normalized spacial score (nSPS) is 18.4. The Morgan fingerprint density at radius 2 is 2.24 bits per heavy atom. The smallest absolute Gasteiger partial charge is 0.238 e. The van der Waals surface area contributed by atoms with E-state index in [1.165, 1.54) is 12.8 Å². The van der Waals surface area contributed by atoms with E-state index in [1.54, 1.807) is 0 Å². The zero-order chi connectivity index (χ0) is 15.2. The first kappa shape index (κ1) is 16.7. The fourth-order valence-electron chi connectivity index (χ4n) is 2.59. The van der Waals surface area contributed by atoms with Gasteiger partial charge in [-0.25, -0.2) is 0 Å². The highest BCUT2D eigenvalue weighted by Gasteiger charge is 2.21. The van der Waals surface area contributed by atoms with Crippen molar-refractivity contribution in [3.63, 3.8) is 0 Å². The Labute approximate surface area is 140 Å². The lowest BCUT2D eigenvalue weighted by atomic mass is 10.2. The summed E-state index contributed by atoms with van der Waals surface area (Å²) in [6.45, 7) is 6.78. The Balaban J connectivity index is 1.90. The number of nitrogens with zero attached hydrogens (tertiary/aromatic N) is 1. The van der Waals surface area contributed by atoms with Crippen LogP contribution in [0.2, 0.25) is 0 Å². The van der Waals surface area contributed by atoms with Crippen LogP contribution < -0.4 is 10.6 Å². The van der Waals surface area contributed by atoms with Crippen LogP contribution in [0.15, 0.2) is 24.3 Å². The van der Waals surface area contributed by atoms with Gasteiger partial charge in [0.15, 0.2) is 0 Å². The van der Waals surface area contributed by atoms with Crippen molar-refractivity contribution >= 4 is 34.2 Å². The molecule has 4 nitrogen and oxygen atoms in total. The molecule has 1 aromatic rings. The van der Waals surface area contributed by atoms with Crippen LogP contribution in [0.3, 0.4) is 0 Å². The van der Waals surface area contributed by atoms with Gasteiger partial charge < -0.3 is 10.6 Å². The summed E-state index contributed by atoms with van der Waals surface area (Å²) in [5.74, 6) is 0.0609. The Bertz CT molecular complexity index is 472. The van der Waals surface area contributed by atoms with Crippen LogP contribution in [0, 0.1) is 3.57 Å². The second-order valence-corrected chi connectivity index (χ2v) is 7.01. The minimum Gasteiger partial charge on any atom is -0.324 e. The predicted octanol–water partition coefficient (Wildman–Crippen LogP) is 2.69. The molecule has 0 spiro atoms. The number of halogens is 1. The van der Waals surface area contributed by atoms with Crippen molar-refractivity contribution in [1.82, 2.24) is 10.2 Å². The molecule has 2 rings (SSSR count). The molecular weight excluding hydrogens is 377 g/mol. The van der Waals surface area contributed by atoms with Crippen molar-refractivity contribution in [3.05, 3.63) is 27.8 Å². The number of carbonyl (C=O) groups excluding carboxylic acids is 1. The summed E-state index contributed by atoms with van der Waals surface area (Å²) in [4.78, 5) is 14.5. The van der Waals surface area contributed by atoms with Crippen LogP contribution in [-0.4, -0.2) is 42.5 Å². The lowest BCUT2D eigenvalue weighted by molar-refractivity contribution is -0.117. The van der Waals surface area contributed by atoms with E-state index >= 15 is 0 Å². The number of rotatable bonds is 6. The first-order valence-corrected chi connectivity index (χ1v) is 8.66. The first-order valence-electron chi connectivity index (χ1n) is 7.58. The van der Waals surface area contributed by atoms with Crippen molar-refractivity contribution in [1.29, 1.82) is 0 Å². The van der Waals surface area contributed by atoms with Crippen molar-refractivity contribution in [2.75, 3.05) is 25.0 Å². The van der Waals surface area contributed by atoms with E-state index < -0.39 is 0 Å². The van der Waals surface area contributed by atoms with Crippen LogP contribution in [0.1, 0.15) is 26.7 Å². The molecule has 1 aromatic carbocycles. The molecule has 0 bridgehead atoms. The molecule has 21 heavy (non-hydrogen) atoms. The molecule has 5 heteroatoms. The summed E-state index contributed by atoms with van der Waals surface area (Å²) in [5.41, 5.74) is 0.894. The Hall–Kier alpha value is -0.660. The van der Waals surface area contributed by atoms with E-state index in [-0.39, 0.29) is 5.91 Å². The van der Waals surface area contributed by atoms with Gasteiger partial charge in [0.1, 0.15) is 0 Å². The summed E-state index contributed by atoms with van der Waals surface area (Å²) in [5, 5.41) is 6.51. The fourth-order valence-corrected chi connectivity index (χ4v) is 3.11. The number of anilines is 1. The number of amides is 1. The molecule has 1 aliphatic heterocycles. The summed E-state index contributed by atoms with van der Waals surface area (Å²) < 4.78 is 1.07. The SMILES string of the molecule is CC(C)N(CC(=O)Nc1ccccc1I)CC1CCCN1. The van der Waals surface area contributed by atoms with E-state index in [4.69, 9.17) is 0 Å². The zero-order valence-corrected chi connectivity index (χ0v) is 14.9. The highest BCUT2D eigenvalue weighted by Crippen LogP contribution is 2.17. The Morgan fingerprint density at radius 3 is 2.86 bits per heavy atom. The molecule has 0 radical (unpaired) electrons. The molecule has 1 heterocycles. The van der Waals surface area contributed by atoms with Crippen LogP contribution in [-0.2, 0) is 4.79 Å². The van der Waals surface area contributed by atoms with Gasteiger partial charge in [0.05, 0.1) is 12.2 Å². The summed E-state index contributed by atoms with van der Waals surface area (Å²) in [7, 11) is 0. The van der Waals surface area contributed by atoms with Crippen LogP contribution in [0.5, 0.6) is 0 Å². The zero-order valence-electron chi connectivity index (χ0n) is 12.7. The Morgan fingerprint density at radius 1 is 1.48 bits per heavy atom. The van der Waals surface area contributed by atoms with E-state index in [2.05, 4.69) is 52.0 Å². The highest BCUT2D eigenvalue weighted by atomic mass is 127. The van der Waals surface area contributed by atoms with Crippen LogP contribution >= 0.6 is 22.6 Å². The average molecular weight is 401 g/mol. The molecule has 1 atom stereocenters. The number of nitrogens with one attached hydrogen (secondary N) is 2. The topological polar surface area (TPSA) is 44.4 Å². The molecule has 1 unspecified atom stereocenters. The third-order valence-electron chi connectivity index (χ3n) is 3.84. The van der Waals surface area contributed by atoms with Crippen molar-refractivity contribution in [3.8, 4) is 0 Å². The van der Waals surface area contributed by atoms with E-state index in [1.807, 2.05) is 24.3 Å². The quantitative estimate of drug-likeness (QED) is 0.721. The number of hydrogen-bond donors (Lipinski definition) is 2. The minimum atomic E-state index is 0.0609. The molecule has 1 aliphatic rings. The van der Waals surface area contributed by atoms with Crippen molar-refractivity contribution < 1.29 is 4.79 Å². The second-order valence-electron chi connectivity index (χ2n) is 5.84. The number of para-hydroxylation sites is 1. The minimum absolute atomic E-state index is 0.0609. The first-order chi connectivity index (χ1) is 10.1. The lowest BCUT2D eigenvalue weighted by Gasteiger charge is -2.28. The largest absolute Gasteiger partial charge is 0.324 e. The molecule has 1 fully saturated rings. The number of hydrogen-bond acceptors (Lipinski definition) is 3. The standard InChI is InChI=1S/C16H24IN3O/c1-12(2)20(10-13-6-5-9-18-13)11-16(21)19-15-8-4-3-7-14(15)17/h3-4,7-8,12-13,18H,5-6,9-11H2,1-2H3,(H,19,21). The fraction of sp³-hybridized carbons (Fsp3) is 0.562. The monoisotopic (exact) mass is 401 g/mol. The average Bonchev–Trinajstić information content (AvgIpc) is 2.93. The summed E-state index contributed by atoms with van der Waals surface area (Å²) in [6, 6.07) is 8.76. The van der Waals surface area contributed by atoms with Gasteiger partial charge in [-0.05, 0) is 68.0 Å². The van der Waals surface area contributed by atoms with E-state index in [0.29, 0.717) is 18.6 Å². The maximum Gasteiger partial charge on any atom is 0.238 e. The van der Waals surface area contributed by atoms with Crippen LogP contribution in [0.25, 0.3) is 0 Å². The molecule has 116 valence electrons. The summed E-state index contributed by atoms with van der Waals surface area (Å²) in [6.07, 6.45) is 2.45. The van der Waals surface area contributed by atoms with Gasteiger partial charge in [-0.3, -0.25) is 9.69 Å². The second kappa shape index (κ2) is 8.10. The lowest BCUT2D eigenvalue weighted by Crippen LogP contribution is -2.44. The molecule has 1 amide bonds. The van der Waals surface area contributed by atoms with Crippen molar-refractivity contribution in [2.24, 2.45) is 0 Å². The van der Waals surface area contributed by atoms with Gasteiger partial charge in [-0.2, -0.15) is 0 Å². The van der Waals surface area contributed by atoms with Gasteiger partial charge in [-0.1, -0.05) is 12.1 Å². The Kier molecular flexibility index (Phi) is 6.44. The van der Waals surface area contributed by atoms with Gasteiger partial charge in [0, 0.05) is 22.2 Å². The predicted molar refractivity (Wildman–Crippen MR) is 95.5 cm³/mol. The van der Waals surface area contributed by atoms with E-state index in [9.17, 15) is 4.79 Å². The molecular formula is C16H24IN3O. The highest BCUT2D eigenvalue weighted by molar-refractivity contribution is 14.1. The summed E-state index contributed by atoms with van der Waals surface area (Å²) >= 11 is 2.24. The third-order valence-corrected chi connectivity index (χ3v) is 4.78. The van der Waals surface area contributed by atoms with E-state index in [0.717, 1.165) is 22.3 Å².